The summed E-state index contributed by atoms with van der Waals surface area (Å²) in [4.78, 5) is 12.5. The average Bonchev–Trinajstić information content (AvgIpc) is 2.33. The minimum absolute atomic E-state index is 0.00981. The second-order valence-corrected chi connectivity index (χ2v) is 5.44. The van der Waals surface area contributed by atoms with Crippen LogP contribution in [-0.4, -0.2) is 25.8 Å². The molecule has 0 aromatic rings. The average molecular weight is 256 g/mol. The molecule has 1 aliphatic carbocycles. The summed E-state index contributed by atoms with van der Waals surface area (Å²) >= 11 is 0. The third-order valence-electron chi connectivity index (χ3n) is 4.55. The Labute approximate surface area is 111 Å². The van der Waals surface area contributed by atoms with E-state index in [1.54, 1.807) is 0 Å². The van der Waals surface area contributed by atoms with Gasteiger partial charge in [0.15, 0.2) is 0 Å². The molecule has 0 aromatic carbocycles. The van der Waals surface area contributed by atoms with E-state index in [0.29, 0.717) is 31.7 Å². The molecule has 0 amide bonds. The van der Waals surface area contributed by atoms with Crippen LogP contribution in [0.5, 0.6) is 0 Å². The van der Waals surface area contributed by atoms with Gasteiger partial charge in [-0.25, -0.2) is 0 Å². The van der Waals surface area contributed by atoms with Crippen LogP contribution < -0.4 is 0 Å². The second-order valence-electron chi connectivity index (χ2n) is 5.44. The molecular weight excluding hydrogens is 228 g/mol. The van der Waals surface area contributed by atoms with E-state index in [1.165, 1.54) is 6.42 Å². The highest BCUT2D eigenvalue weighted by Gasteiger charge is 2.50. The highest BCUT2D eigenvalue weighted by Crippen LogP contribution is 2.48. The zero-order valence-electron chi connectivity index (χ0n) is 12.3. The molecule has 0 aromatic heterocycles. The van der Waals surface area contributed by atoms with Crippen LogP contribution in [0.2, 0.25) is 0 Å². The quantitative estimate of drug-likeness (QED) is 0.539. The number of ether oxygens (including phenoxy) is 2. The Balaban J connectivity index is 2.86. The molecule has 1 saturated carbocycles. The van der Waals surface area contributed by atoms with Gasteiger partial charge < -0.3 is 9.47 Å². The fourth-order valence-corrected chi connectivity index (χ4v) is 3.38. The van der Waals surface area contributed by atoms with Crippen molar-refractivity contribution in [3.8, 4) is 0 Å². The normalized spacial score (nSPS) is 32.2. The van der Waals surface area contributed by atoms with Gasteiger partial charge in [-0.1, -0.05) is 20.3 Å². The van der Waals surface area contributed by atoms with Gasteiger partial charge in [0.1, 0.15) is 0 Å². The molecule has 18 heavy (non-hydrogen) atoms. The largest absolute Gasteiger partial charge is 0.466 e. The molecule has 3 heteroatoms. The SMILES string of the molecule is CCOCCC1(C(=O)OCC)C(C)CCCC1C. The number of carbonyl (C=O) groups excluding carboxylic acids is 1. The standard InChI is InChI=1S/C15H28O3/c1-5-17-11-10-15(14(16)18-6-2)12(3)8-7-9-13(15)4/h12-13H,5-11H2,1-4H3. The minimum Gasteiger partial charge on any atom is -0.466 e. The lowest BCUT2D eigenvalue weighted by molar-refractivity contribution is -0.168. The fraction of sp³-hybridized carbons (Fsp3) is 0.933. The van der Waals surface area contributed by atoms with Crippen molar-refractivity contribution in [2.24, 2.45) is 17.3 Å². The van der Waals surface area contributed by atoms with Crippen molar-refractivity contribution in [3.05, 3.63) is 0 Å². The van der Waals surface area contributed by atoms with Crippen molar-refractivity contribution in [2.45, 2.75) is 53.4 Å². The van der Waals surface area contributed by atoms with Crippen LogP contribution in [0.25, 0.3) is 0 Å². The maximum atomic E-state index is 12.5. The first kappa shape index (κ1) is 15.5. The fourth-order valence-electron chi connectivity index (χ4n) is 3.38. The van der Waals surface area contributed by atoms with Crippen molar-refractivity contribution in [1.82, 2.24) is 0 Å². The smallest absolute Gasteiger partial charge is 0.312 e. The van der Waals surface area contributed by atoms with Crippen molar-refractivity contribution in [2.75, 3.05) is 19.8 Å². The Hall–Kier alpha value is -0.570. The molecule has 0 saturated heterocycles. The van der Waals surface area contributed by atoms with Crippen molar-refractivity contribution < 1.29 is 14.3 Å². The molecule has 3 nitrogen and oxygen atoms in total. The summed E-state index contributed by atoms with van der Waals surface area (Å²) in [6.45, 7) is 10.1. The number of rotatable bonds is 6. The van der Waals surface area contributed by atoms with Crippen molar-refractivity contribution in [1.29, 1.82) is 0 Å². The van der Waals surface area contributed by atoms with E-state index in [1.807, 2.05) is 13.8 Å². The van der Waals surface area contributed by atoms with Gasteiger partial charge >= 0.3 is 5.97 Å². The van der Waals surface area contributed by atoms with Crippen LogP contribution in [-0.2, 0) is 14.3 Å². The van der Waals surface area contributed by atoms with E-state index in [-0.39, 0.29) is 11.4 Å². The highest BCUT2D eigenvalue weighted by atomic mass is 16.5. The lowest BCUT2D eigenvalue weighted by Gasteiger charge is -2.45. The summed E-state index contributed by atoms with van der Waals surface area (Å²) in [6.07, 6.45) is 4.25. The summed E-state index contributed by atoms with van der Waals surface area (Å²) in [7, 11) is 0. The van der Waals surface area contributed by atoms with Gasteiger partial charge in [-0.3, -0.25) is 4.79 Å². The minimum atomic E-state index is -0.330. The zero-order chi connectivity index (χ0) is 13.6. The van der Waals surface area contributed by atoms with E-state index in [4.69, 9.17) is 9.47 Å². The first-order chi connectivity index (χ1) is 8.59. The van der Waals surface area contributed by atoms with Crippen LogP contribution in [0.3, 0.4) is 0 Å². The van der Waals surface area contributed by atoms with Crippen molar-refractivity contribution >= 4 is 5.97 Å². The van der Waals surface area contributed by atoms with Crippen LogP contribution >= 0.6 is 0 Å². The van der Waals surface area contributed by atoms with Crippen molar-refractivity contribution in [3.63, 3.8) is 0 Å². The van der Waals surface area contributed by atoms with Gasteiger partial charge in [0.25, 0.3) is 0 Å². The molecule has 0 bridgehead atoms. The summed E-state index contributed by atoms with van der Waals surface area (Å²) in [5.74, 6) is 0.769. The molecule has 106 valence electrons. The Morgan fingerprint density at radius 1 is 1.17 bits per heavy atom. The molecule has 0 spiro atoms. The van der Waals surface area contributed by atoms with Gasteiger partial charge in [0, 0.05) is 13.2 Å². The van der Waals surface area contributed by atoms with Gasteiger partial charge in [-0.15, -0.1) is 0 Å². The van der Waals surface area contributed by atoms with Gasteiger partial charge in [0.05, 0.1) is 12.0 Å². The molecule has 1 aliphatic rings. The van der Waals surface area contributed by atoms with E-state index >= 15 is 0 Å². The lowest BCUT2D eigenvalue weighted by atomic mass is 9.59. The van der Waals surface area contributed by atoms with Crippen LogP contribution in [0.4, 0.5) is 0 Å². The number of hydrogen-bond acceptors (Lipinski definition) is 3. The highest BCUT2D eigenvalue weighted by molar-refractivity contribution is 5.77. The van der Waals surface area contributed by atoms with Crippen LogP contribution in [0, 0.1) is 17.3 Å². The Morgan fingerprint density at radius 3 is 2.28 bits per heavy atom. The second kappa shape index (κ2) is 7.13. The Morgan fingerprint density at radius 2 is 1.78 bits per heavy atom. The molecule has 0 N–H and O–H groups in total. The first-order valence-electron chi connectivity index (χ1n) is 7.34. The van der Waals surface area contributed by atoms with Gasteiger partial charge in [0.2, 0.25) is 0 Å². The number of carbonyl (C=O) groups is 1. The van der Waals surface area contributed by atoms with E-state index in [2.05, 4.69) is 13.8 Å². The topological polar surface area (TPSA) is 35.5 Å². The molecule has 2 unspecified atom stereocenters. The predicted molar refractivity (Wildman–Crippen MR) is 72.4 cm³/mol. The number of hydrogen-bond donors (Lipinski definition) is 0. The maximum absolute atomic E-state index is 12.5. The molecule has 1 rings (SSSR count). The lowest BCUT2D eigenvalue weighted by Crippen LogP contribution is -2.47. The summed E-state index contributed by atoms with van der Waals surface area (Å²) in [5, 5.41) is 0. The van der Waals surface area contributed by atoms with Gasteiger partial charge in [-0.2, -0.15) is 0 Å². The molecule has 1 fully saturated rings. The zero-order valence-corrected chi connectivity index (χ0v) is 12.3. The Kier molecular flexibility index (Phi) is 6.13. The molecular formula is C15H28O3. The third-order valence-corrected chi connectivity index (χ3v) is 4.55. The van der Waals surface area contributed by atoms with E-state index in [0.717, 1.165) is 19.3 Å². The molecule has 0 aliphatic heterocycles. The predicted octanol–water partition coefficient (Wildman–Crippen LogP) is 3.42. The van der Waals surface area contributed by atoms with Crippen LogP contribution in [0.1, 0.15) is 53.4 Å². The van der Waals surface area contributed by atoms with E-state index < -0.39 is 0 Å². The number of esters is 1. The summed E-state index contributed by atoms with van der Waals surface area (Å²) < 4.78 is 10.8. The summed E-state index contributed by atoms with van der Waals surface area (Å²) in [6, 6.07) is 0. The Bertz CT molecular complexity index is 252. The van der Waals surface area contributed by atoms with Crippen LogP contribution in [0.15, 0.2) is 0 Å². The molecule has 2 atom stereocenters. The first-order valence-corrected chi connectivity index (χ1v) is 7.34. The van der Waals surface area contributed by atoms with Gasteiger partial charge in [-0.05, 0) is 44.9 Å². The monoisotopic (exact) mass is 256 g/mol. The maximum Gasteiger partial charge on any atom is 0.312 e. The third kappa shape index (κ3) is 3.05. The molecule has 0 radical (unpaired) electrons. The molecule has 0 heterocycles. The summed E-state index contributed by atoms with van der Waals surface area (Å²) in [5.41, 5.74) is -0.330. The van der Waals surface area contributed by atoms with E-state index in [9.17, 15) is 4.79 Å².